The monoisotopic (exact) mass is 756 g/mol. The molecule has 57 heavy (non-hydrogen) atoms. The minimum atomic E-state index is -0.389. The molecular formula is C48H44N4O5. The van der Waals surface area contributed by atoms with Gasteiger partial charge in [-0.15, -0.1) is 0 Å². The molecule has 9 rings (SSSR count). The number of carbonyl (C=O) groups is 3. The molecule has 0 aromatic heterocycles. The Morgan fingerprint density at radius 1 is 0.719 bits per heavy atom. The molecule has 286 valence electrons. The normalized spacial score (nSPS) is 17.2. The summed E-state index contributed by atoms with van der Waals surface area (Å²) in [5.74, 6) is -0.118. The van der Waals surface area contributed by atoms with Crippen molar-refractivity contribution < 1.29 is 24.2 Å². The molecular weight excluding hydrogens is 713 g/mol. The number of carbonyl (C=O) groups excluding carboxylic acids is 3. The number of fused-ring (bicyclic) bond motifs is 2. The number of phenolic OH excluding ortho intramolecular Hbond substituents is 1. The maximum absolute atomic E-state index is 13.2. The van der Waals surface area contributed by atoms with Crippen LogP contribution in [0.4, 0.5) is 5.69 Å². The lowest BCUT2D eigenvalue weighted by molar-refractivity contribution is -0.136. The van der Waals surface area contributed by atoms with Crippen molar-refractivity contribution in [3.05, 3.63) is 150 Å². The number of benzene rings is 6. The lowest BCUT2D eigenvalue weighted by Crippen LogP contribution is -2.45. The Morgan fingerprint density at radius 2 is 1.49 bits per heavy atom. The van der Waals surface area contributed by atoms with Gasteiger partial charge >= 0.3 is 0 Å². The number of nitrogens with one attached hydrogen (secondary N) is 1. The van der Waals surface area contributed by atoms with E-state index in [-0.39, 0.29) is 35.9 Å². The maximum Gasteiger partial charge on any atom is 0.254 e. The van der Waals surface area contributed by atoms with Crippen molar-refractivity contribution in [2.24, 2.45) is 5.92 Å². The van der Waals surface area contributed by atoms with Crippen molar-refractivity contribution in [2.45, 2.75) is 32.5 Å². The predicted molar refractivity (Wildman–Crippen MR) is 222 cm³/mol. The average molecular weight is 757 g/mol. The molecule has 0 spiro atoms. The number of hydrogen-bond donors (Lipinski definition) is 2. The van der Waals surface area contributed by atoms with Crippen molar-refractivity contribution in [3.8, 4) is 33.8 Å². The van der Waals surface area contributed by atoms with Crippen LogP contribution < -0.4 is 15.0 Å². The molecule has 3 aliphatic heterocycles. The number of anilines is 1. The van der Waals surface area contributed by atoms with Crippen molar-refractivity contribution in [3.63, 3.8) is 0 Å². The summed E-state index contributed by atoms with van der Waals surface area (Å²) in [6.45, 7) is 5.76. The molecule has 3 heterocycles. The van der Waals surface area contributed by atoms with Crippen LogP contribution in [-0.2, 0) is 29.3 Å². The van der Waals surface area contributed by atoms with E-state index in [1.807, 2.05) is 36.4 Å². The summed E-state index contributed by atoms with van der Waals surface area (Å²) in [6.07, 6.45) is 0.748. The number of piperidine rings is 1. The fraction of sp³-hybridized carbons (Fsp3) is 0.229. The number of piperazine rings is 1. The number of aromatic hydroxyl groups is 1. The lowest BCUT2D eigenvalue weighted by Gasteiger charge is -2.36. The molecule has 1 unspecified atom stereocenters. The van der Waals surface area contributed by atoms with Crippen LogP contribution in [0.2, 0.25) is 0 Å². The first kappa shape index (κ1) is 36.2. The molecule has 1 atom stereocenters. The summed E-state index contributed by atoms with van der Waals surface area (Å²) in [6, 6.07) is 43.3. The zero-order valence-corrected chi connectivity index (χ0v) is 31.7. The first-order valence-corrected chi connectivity index (χ1v) is 19.7. The molecule has 0 aliphatic carbocycles. The van der Waals surface area contributed by atoms with Gasteiger partial charge in [-0.3, -0.25) is 24.6 Å². The number of amides is 3. The number of ether oxygens (including phenoxy) is 1. The van der Waals surface area contributed by atoms with Crippen molar-refractivity contribution >= 4 is 34.2 Å². The fourth-order valence-corrected chi connectivity index (χ4v) is 8.47. The van der Waals surface area contributed by atoms with Gasteiger partial charge in [-0.2, -0.15) is 0 Å². The molecule has 0 radical (unpaired) electrons. The van der Waals surface area contributed by atoms with Crippen LogP contribution in [-0.4, -0.2) is 65.4 Å². The van der Waals surface area contributed by atoms with Gasteiger partial charge in [-0.1, -0.05) is 91.0 Å². The van der Waals surface area contributed by atoms with Gasteiger partial charge in [-0.25, -0.2) is 0 Å². The number of rotatable bonds is 10. The number of imide groups is 1. The van der Waals surface area contributed by atoms with Gasteiger partial charge in [0.05, 0.1) is 12.5 Å². The van der Waals surface area contributed by atoms with E-state index in [0.29, 0.717) is 37.3 Å². The third-order valence-electron chi connectivity index (χ3n) is 11.6. The van der Waals surface area contributed by atoms with Gasteiger partial charge in [-0.05, 0) is 87.0 Å². The van der Waals surface area contributed by atoms with Gasteiger partial charge in [0.2, 0.25) is 11.8 Å². The van der Waals surface area contributed by atoms with Crippen LogP contribution in [0.1, 0.15) is 39.9 Å². The second-order valence-corrected chi connectivity index (χ2v) is 15.3. The fourth-order valence-electron chi connectivity index (χ4n) is 8.47. The summed E-state index contributed by atoms with van der Waals surface area (Å²) in [4.78, 5) is 43.7. The topological polar surface area (TPSA) is 102 Å². The summed E-state index contributed by atoms with van der Waals surface area (Å²) in [5, 5.41) is 14.7. The van der Waals surface area contributed by atoms with E-state index in [9.17, 15) is 19.5 Å². The smallest absolute Gasteiger partial charge is 0.254 e. The molecule has 6 aromatic carbocycles. The van der Waals surface area contributed by atoms with E-state index >= 15 is 0 Å². The molecule has 2 fully saturated rings. The highest BCUT2D eigenvalue weighted by atomic mass is 16.5. The van der Waals surface area contributed by atoms with Crippen LogP contribution in [0.3, 0.4) is 0 Å². The van der Waals surface area contributed by atoms with Gasteiger partial charge < -0.3 is 19.6 Å². The zero-order chi connectivity index (χ0) is 38.9. The Morgan fingerprint density at radius 3 is 2.26 bits per heavy atom. The number of hydrogen-bond acceptors (Lipinski definition) is 7. The minimum Gasteiger partial charge on any atom is -0.508 e. The summed E-state index contributed by atoms with van der Waals surface area (Å²) >= 11 is 0. The minimum absolute atomic E-state index is 0.110. The quantitative estimate of drug-likeness (QED) is 0.138. The average Bonchev–Trinajstić information content (AvgIpc) is 3.56. The van der Waals surface area contributed by atoms with Crippen LogP contribution in [0, 0.1) is 5.92 Å². The Labute approximate surface area is 332 Å². The van der Waals surface area contributed by atoms with E-state index in [4.69, 9.17) is 4.74 Å². The van der Waals surface area contributed by atoms with Crippen molar-refractivity contribution in [1.82, 2.24) is 15.1 Å². The Kier molecular flexibility index (Phi) is 9.90. The van der Waals surface area contributed by atoms with Gasteiger partial charge in [0.1, 0.15) is 18.1 Å². The maximum atomic E-state index is 13.2. The van der Waals surface area contributed by atoms with Crippen LogP contribution in [0.5, 0.6) is 11.5 Å². The van der Waals surface area contributed by atoms with Crippen molar-refractivity contribution in [1.29, 1.82) is 0 Å². The molecule has 6 aromatic rings. The van der Waals surface area contributed by atoms with Gasteiger partial charge in [0, 0.05) is 62.5 Å². The number of nitrogens with zero attached hydrogens (tertiary/aromatic N) is 3. The Balaban J connectivity index is 0.794. The number of phenols is 1. The summed E-state index contributed by atoms with van der Waals surface area (Å²) < 4.78 is 6.25. The van der Waals surface area contributed by atoms with Crippen LogP contribution in [0.15, 0.2) is 127 Å². The van der Waals surface area contributed by atoms with E-state index in [1.165, 1.54) is 22.4 Å². The second-order valence-electron chi connectivity index (χ2n) is 15.3. The Hall–Kier alpha value is -6.45. The van der Waals surface area contributed by atoms with E-state index in [0.717, 1.165) is 65.8 Å². The third-order valence-corrected chi connectivity index (χ3v) is 11.6. The molecule has 0 bridgehead atoms. The van der Waals surface area contributed by atoms with E-state index in [1.54, 1.807) is 11.0 Å². The van der Waals surface area contributed by atoms with Gasteiger partial charge in [0.15, 0.2) is 0 Å². The SMILES string of the molecule is O=C1CCC(CN2Cc3c(OCc4ccc(CN5CCN(c6ccc(-c7c(-c8ccccc8)ccc8cc(O)ccc78)cc6)CC5)cc4)cccc3C2=O)C(=O)N1. The second kappa shape index (κ2) is 15.6. The van der Waals surface area contributed by atoms with Crippen LogP contribution in [0.25, 0.3) is 33.0 Å². The van der Waals surface area contributed by atoms with Crippen molar-refractivity contribution in [2.75, 3.05) is 37.6 Å². The largest absolute Gasteiger partial charge is 0.508 e. The zero-order valence-electron chi connectivity index (χ0n) is 31.7. The van der Waals surface area contributed by atoms with E-state index in [2.05, 4.69) is 100 Å². The lowest BCUT2D eigenvalue weighted by atomic mass is 9.89. The Bertz CT molecular complexity index is 2460. The molecule has 2 saturated heterocycles. The highest BCUT2D eigenvalue weighted by molar-refractivity contribution is 6.05. The third kappa shape index (κ3) is 7.58. The first-order chi connectivity index (χ1) is 27.9. The van der Waals surface area contributed by atoms with Gasteiger partial charge in [0.25, 0.3) is 5.91 Å². The molecule has 2 N–H and O–H groups in total. The first-order valence-electron chi connectivity index (χ1n) is 19.7. The highest BCUT2D eigenvalue weighted by Gasteiger charge is 2.35. The van der Waals surface area contributed by atoms with E-state index < -0.39 is 0 Å². The molecule has 9 heteroatoms. The predicted octanol–water partition coefficient (Wildman–Crippen LogP) is 7.79. The molecule has 3 amide bonds. The standard InChI is InChI=1S/C48H44N4O5/c53-39-19-21-41-36(27-39)15-20-40(34-5-2-1-3-6-34)46(41)35-13-17-38(18-14-35)51-25-23-50(24-26-51)28-32-9-11-33(12-10-32)31-57-44-8-4-7-42-43(44)30-52(48(42)56)29-37-16-22-45(54)49-47(37)55/h1-15,17-21,27,37,53H,16,22-26,28-31H2,(H,49,54,55). The molecule has 9 nitrogen and oxygen atoms in total. The van der Waals surface area contributed by atoms with Crippen LogP contribution >= 0.6 is 0 Å². The molecule has 0 saturated carbocycles. The summed E-state index contributed by atoms with van der Waals surface area (Å²) in [5.41, 5.74) is 9.62. The molecule has 3 aliphatic rings. The highest BCUT2D eigenvalue weighted by Crippen LogP contribution is 2.40. The summed E-state index contributed by atoms with van der Waals surface area (Å²) in [7, 11) is 0.